The molecule has 64 valence electrons. The molecule has 1 N–H and O–H groups in total. The van der Waals surface area contributed by atoms with Crippen LogP contribution in [-0.2, 0) is 0 Å². The summed E-state index contributed by atoms with van der Waals surface area (Å²) in [6.07, 6.45) is 2.16. The molecule has 12 heavy (non-hydrogen) atoms. The standard InChI is InChI=1S/C9H11NS2/c1-11-9-6-10-7-4-2-3-5-8(7)12-9/h2-5,9-10H,6H2,1H3. The maximum atomic E-state index is 3.42. The molecule has 2 rings (SSSR count). The van der Waals surface area contributed by atoms with Crippen LogP contribution in [0.25, 0.3) is 0 Å². The number of hydrogen-bond donors (Lipinski definition) is 1. The van der Waals surface area contributed by atoms with Crippen molar-refractivity contribution in [3.05, 3.63) is 24.3 Å². The largest absolute Gasteiger partial charge is 0.382 e. The zero-order valence-electron chi connectivity index (χ0n) is 6.91. The fourth-order valence-electron chi connectivity index (χ4n) is 1.22. The predicted octanol–water partition coefficient (Wildman–Crippen LogP) is 2.89. The molecule has 0 aromatic heterocycles. The van der Waals surface area contributed by atoms with Crippen LogP contribution in [-0.4, -0.2) is 17.4 Å². The summed E-state index contributed by atoms with van der Waals surface area (Å²) >= 11 is 3.87. The molecule has 1 nitrogen and oxygen atoms in total. The van der Waals surface area contributed by atoms with Crippen LogP contribution in [0.4, 0.5) is 5.69 Å². The SMILES string of the molecule is CSC1CNc2ccccc2S1. The second kappa shape index (κ2) is 3.62. The van der Waals surface area contributed by atoms with Crippen LogP contribution < -0.4 is 5.32 Å². The van der Waals surface area contributed by atoms with E-state index in [4.69, 9.17) is 0 Å². The molecule has 0 fully saturated rings. The van der Waals surface area contributed by atoms with Gasteiger partial charge in [0.1, 0.15) is 0 Å². The first-order chi connectivity index (χ1) is 5.90. The van der Waals surface area contributed by atoms with Gasteiger partial charge in [0, 0.05) is 17.1 Å². The third kappa shape index (κ3) is 1.57. The van der Waals surface area contributed by atoms with E-state index in [1.807, 2.05) is 23.5 Å². The predicted molar refractivity (Wildman–Crippen MR) is 58.1 cm³/mol. The highest BCUT2D eigenvalue weighted by atomic mass is 32.2. The van der Waals surface area contributed by atoms with Crippen molar-refractivity contribution >= 4 is 29.2 Å². The number of hydrogen-bond acceptors (Lipinski definition) is 3. The van der Waals surface area contributed by atoms with Gasteiger partial charge in [-0.3, -0.25) is 0 Å². The molecular weight excluding hydrogens is 186 g/mol. The maximum absolute atomic E-state index is 3.42. The third-order valence-electron chi connectivity index (χ3n) is 1.87. The average molecular weight is 197 g/mol. The molecule has 0 saturated heterocycles. The van der Waals surface area contributed by atoms with Crippen molar-refractivity contribution in [3.8, 4) is 0 Å². The number of nitrogens with one attached hydrogen (secondary N) is 1. The van der Waals surface area contributed by atoms with Crippen LogP contribution in [0.3, 0.4) is 0 Å². The summed E-state index contributed by atoms with van der Waals surface area (Å²) in [7, 11) is 0. The lowest BCUT2D eigenvalue weighted by atomic mass is 10.3. The van der Waals surface area contributed by atoms with Gasteiger partial charge >= 0.3 is 0 Å². The number of anilines is 1. The van der Waals surface area contributed by atoms with E-state index in [2.05, 4.69) is 35.8 Å². The van der Waals surface area contributed by atoms with Crippen LogP contribution in [0.1, 0.15) is 0 Å². The average Bonchev–Trinajstić information content (AvgIpc) is 2.17. The molecule has 0 radical (unpaired) electrons. The molecule has 1 aromatic rings. The van der Waals surface area contributed by atoms with Crippen LogP contribution in [0.2, 0.25) is 0 Å². The van der Waals surface area contributed by atoms with Gasteiger partial charge in [-0.15, -0.1) is 23.5 Å². The number of fused-ring (bicyclic) bond motifs is 1. The summed E-state index contributed by atoms with van der Waals surface area (Å²) in [5.74, 6) is 0. The smallest absolute Gasteiger partial charge is 0.0719 e. The fourth-order valence-corrected chi connectivity index (χ4v) is 3.04. The number of para-hydroxylation sites is 1. The van der Waals surface area contributed by atoms with Gasteiger partial charge in [0.15, 0.2) is 0 Å². The fraction of sp³-hybridized carbons (Fsp3) is 0.333. The van der Waals surface area contributed by atoms with Crippen molar-refractivity contribution in [1.29, 1.82) is 0 Å². The van der Waals surface area contributed by atoms with E-state index in [1.165, 1.54) is 10.6 Å². The first-order valence-electron chi connectivity index (χ1n) is 3.92. The summed E-state index contributed by atoms with van der Waals surface area (Å²) in [4.78, 5) is 1.38. The first-order valence-corrected chi connectivity index (χ1v) is 6.09. The molecule has 0 bridgehead atoms. The van der Waals surface area contributed by atoms with E-state index in [0.29, 0.717) is 4.58 Å². The molecular formula is C9H11NS2. The highest BCUT2D eigenvalue weighted by molar-refractivity contribution is 8.16. The van der Waals surface area contributed by atoms with E-state index in [-0.39, 0.29) is 0 Å². The van der Waals surface area contributed by atoms with Gasteiger partial charge in [-0.1, -0.05) is 12.1 Å². The summed E-state index contributed by atoms with van der Waals surface area (Å²) in [5.41, 5.74) is 1.28. The summed E-state index contributed by atoms with van der Waals surface area (Å²) < 4.78 is 0.667. The topological polar surface area (TPSA) is 12.0 Å². The molecule has 1 heterocycles. The minimum atomic E-state index is 0.667. The minimum absolute atomic E-state index is 0.667. The zero-order valence-corrected chi connectivity index (χ0v) is 8.54. The van der Waals surface area contributed by atoms with E-state index >= 15 is 0 Å². The number of rotatable bonds is 1. The van der Waals surface area contributed by atoms with Crippen molar-refractivity contribution in [2.75, 3.05) is 18.1 Å². The van der Waals surface area contributed by atoms with E-state index in [9.17, 15) is 0 Å². The van der Waals surface area contributed by atoms with Gasteiger partial charge in [0.25, 0.3) is 0 Å². The van der Waals surface area contributed by atoms with Crippen LogP contribution in [0, 0.1) is 0 Å². The monoisotopic (exact) mass is 197 g/mol. The highest BCUT2D eigenvalue weighted by Gasteiger charge is 2.16. The van der Waals surface area contributed by atoms with Gasteiger partial charge < -0.3 is 5.32 Å². The molecule has 0 spiro atoms. The number of benzene rings is 1. The normalized spacial score (nSPS) is 21.2. The van der Waals surface area contributed by atoms with E-state index < -0.39 is 0 Å². The van der Waals surface area contributed by atoms with E-state index in [1.54, 1.807) is 0 Å². The van der Waals surface area contributed by atoms with E-state index in [0.717, 1.165) is 6.54 Å². The molecule has 1 unspecified atom stereocenters. The van der Waals surface area contributed by atoms with Crippen LogP contribution in [0.15, 0.2) is 29.2 Å². The lowest BCUT2D eigenvalue weighted by Crippen LogP contribution is -2.17. The summed E-state index contributed by atoms with van der Waals surface area (Å²) in [5, 5.41) is 3.42. The minimum Gasteiger partial charge on any atom is -0.382 e. The summed E-state index contributed by atoms with van der Waals surface area (Å²) in [6.45, 7) is 1.07. The summed E-state index contributed by atoms with van der Waals surface area (Å²) in [6, 6.07) is 8.48. The van der Waals surface area contributed by atoms with Gasteiger partial charge in [0.05, 0.1) is 4.58 Å². The van der Waals surface area contributed by atoms with Gasteiger partial charge in [-0.2, -0.15) is 0 Å². The van der Waals surface area contributed by atoms with Crippen LogP contribution in [0.5, 0.6) is 0 Å². The third-order valence-corrected chi connectivity index (χ3v) is 4.47. The Labute approximate surface area is 81.3 Å². The molecule has 0 amide bonds. The Kier molecular flexibility index (Phi) is 2.51. The molecule has 1 aromatic carbocycles. The van der Waals surface area contributed by atoms with Crippen molar-refractivity contribution in [2.24, 2.45) is 0 Å². The van der Waals surface area contributed by atoms with Gasteiger partial charge in [-0.05, 0) is 18.4 Å². The Morgan fingerprint density at radius 3 is 3.17 bits per heavy atom. The Morgan fingerprint density at radius 1 is 1.50 bits per heavy atom. The zero-order chi connectivity index (χ0) is 8.39. The van der Waals surface area contributed by atoms with Crippen molar-refractivity contribution in [1.82, 2.24) is 0 Å². The second-order valence-electron chi connectivity index (χ2n) is 2.66. The Morgan fingerprint density at radius 2 is 2.33 bits per heavy atom. The highest BCUT2D eigenvalue weighted by Crippen LogP contribution is 2.38. The molecule has 1 aliphatic heterocycles. The van der Waals surface area contributed by atoms with Gasteiger partial charge in [0.2, 0.25) is 0 Å². The lowest BCUT2D eigenvalue weighted by Gasteiger charge is -2.23. The Bertz CT molecular complexity index is 275. The van der Waals surface area contributed by atoms with Crippen molar-refractivity contribution < 1.29 is 0 Å². The molecule has 1 atom stereocenters. The molecule has 1 aliphatic rings. The van der Waals surface area contributed by atoms with Gasteiger partial charge in [-0.25, -0.2) is 0 Å². The number of thioether (sulfide) groups is 2. The molecule has 3 heteroatoms. The quantitative estimate of drug-likeness (QED) is 0.743. The van der Waals surface area contributed by atoms with Crippen molar-refractivity contribution in [3.63, 3.8) is 0 Å². The molecule has 0 aliphatic carbocycles. The van der Waals surface area contributed by atoms with Crippen molar-refractivity contribution in [2.45, 2.75) is 9.48 Å². The molecule has 0 saturated carbocycles. The lowest BCUT2D eigenvalue weighted by molar-refractivity contribution is 1.13. The Hall–Kier alpha value is -0.280. The van der Waals surface area contributed by atoms with Crippen LogP contribution >= 0.6 is 23.5 Å². The maximum Gasteiger partial charge on any atom is 0.0719 e. The second-order valence-corrected chi connectivity index (χ2v) is 5.24. The Balaban J connectivity index is 2.23. The first kappa shape index (κ1) is 8.32.